The summed E-state index contributed by atoms with van der Waals surface area (Å²) in [6.45, 7) is 9.66. The lowest BCUT2D eigenvalue weighted by Crippen LogP contribution is -2.57. The van der Waals surface area contributed by atoms with Crippen LogP contribution in [0.4, 0.5) is 0 Å². The highest BCUT2D eigenvalue weighted by molar-refractivity contribution is 8.08. The molecule has 58 valence electrons. The Morgan fingerprint density at radius 2 is 1.40 bits per heavy atom. The molecule has 2 aliphatic rings. The van der Waals surface area contributed by atoms with E-state index in [0.717, 1.165) is 0 Å². The van der Waals surface area contributed by atoms with Crippen molar-refractivity contribution >= 4 is 11.8 Å². The first-order valence-corrected chi connectivity index (χ1v) is 5.04. The lowest BCUT2D eigenvalue weighted by Gasteiger charge is -2.58. The summed E-state index contributed by atoms with van der Waals surface area (Å²) < 4.78 is 0.681. The highest BCUT2D eigenvalue weighted by Crippen LogP contribution is 2.77. The molecule has 1 saturated carbocycles. The van der Waals surface area contributed by atoms with E-state index in [0.29, 0.717) is 15.6 Å². The van der Waals surface area contributed by atoms with Gasteiger partial charge in [0.15, 0.2) is 0 Å². The van der Waals surface area contributed by atoms with Gasteiger partial charge in [-0.25, -0.2) is 0 Å². The van der Waals surface area contributed by atoms with Crippen LogP contribution in [0.25, 0.3) is 0 Å². The summed E-state index contributed by atoms with van der Waals surface area (Å²) in [6.07, 6.45) is 1.41. The molecule has 0 nitrogen and oxygen atoms in total. The molecule has 0 aromatic carbocycles. The summed E-state index contributed by atoms with van der Waals surface area (Å²) in [5.74, 6) is 1.41. The molecule has 0 amide bonds. The third-order valence-electron chi connectivity index (χ3n) is 3.50. The van der Waals surface area contributed by atoms with Crippen LogP contribution in [0, 0.1) is 10.8 Å². The molecule has 0 aromatic rings. The molecule has 0 atom stereocenters. The van der Waals surface area contributed by atoms with Crippen LogP contribution in [0.5, 0.6) is 0 Å². The topological polar surface area (TPSA) is 0 Å². The number of hydrogen-bond acceptors (Lipinski definition) is 1. The van der Waals surface area contributed by atoms with Crippen molar-refractivity contribution in [2.75, 3.05) is 5.75 Å². The number of rotatable bonds is 0. The SMILES string of the molecule is CC1(C)CC(C)(C)C12CS2. The third-order valence-corrected chi connectivity index (χ3v) is 5.47. The third kappa shape index (κ3) is 0.524. The van der Waals surface area contributed by atoms with E-state index in [1.165, 1.54) is 12.2 Å². The molecule has 0 unspecified atom stereocenters. The fourth-order valence-electron chi connectivity index (χ4n) is 3.05. The largest absolute Gasteiger partial charge is 0.152 e. The molecule has 1 heterocycles. The molecule has 0 radical (unpaired) electrons. The fourth-order valence-corrected chi connectivity index (χ4v) is 4.91. The molecular formula is C9H16S. The van der Waals surface area contributed by atoms with Crippen molar-refractivity contribution in [2.45, 2.75) is 38.9 Å². The molecule has 10 heavy (non-hydrogen) atoms. The second-order valence-corrected chi connectivity index (χ2v) is 6.33. The Bertz CT molecular complexity index is 159. The van der Waals surface area contributed by atoms with Gasteiger partial charge in [-0.15, -0.1) is 0 Å². The first-order valence-electron chi connectivity index (χ1n) is 4.05. The van der Waals surface area contributed by atoms with Crippen LogP contribution >= 0.6 is 11.8 Å². The molecule has 0 bridgehead atoms. The average Bonchev–Trinajstić information content (AvgIpc) is 2.34. The van der Waals surface area contributed by atoms with E-state index in [2.05, 4.69) is 39.5 Å². The molecule has 1 aliphatic carbocycles. The van der Waals surface area contributed by atoms with Crippen molar-refractivity contribution in [3.8, 4) is 0 Å². The van der Waals surface area contributed by atoms with Crippen LogP contribution in [0.15, 0.2) is 0 Å². The maximum absolute atomic E-state index is 2.41. The fraction of sp³-hybridized carbons (Fsp3) is 1.00. The van der Waals surface area contributed by atoms with Crippen molar-refractivity contribution < 1.29 is 0 Å². The van der Waals surface area contributed by atoms with Crippen LogP contribution in [0.3, 0.4) is 0 Å². The van der Waals surface area contributed by atoms with E-state index in [1.54, 1.807) is 0 Å². The van der Waals surface area contributed by atoms with Gasteiger partial charge >= 0.3 is 0 Å². The van der Waals surface area contributed by atoms with E-state index in [9.17, 15) is 0 Å². The van der Waals surface area contributed by atoms with Crippen molar-refractivity contribution in [3.63, 3.8) is 0 Å². The van der Waals surface area contributed by atoms with E-state index >= 15 is 0 Å². The first-order chi connectivity index (χ1) is 4.41. The number of thioether (sulfide) groups is 1. The lowest BCUT2D eigenvalue weighted by molar-refractivity contribution is -0.0130. The maximum atomic E-state index is 2.41. The highest BCUT2D eigenvalue weighted by Gasteiger charge is 2.72. The average molecular weight is 156 g/mol. The van der Waals surface area contributed by atoms with Crippen molar-refractivity contribution in [2.24, 2.45) is 10.8 Å². The van der Waals surface area contributed by atoms with E-state index < -0.39 is 0 Å². The zero-order valence-electron chi connectivity index (χ0n) is 7.32. The Morgan fingerprint density at radius 3 is 1.50 bits per heavy atom. The summed E-state index contributed by atoms with van der Waals surface area (Å²) >= 11 is 2.17. The molecule has 2 rings (SSSR count). The van der Waals surface area contributed by atoms with Crippen LogP contribution in [-0.2, 0) is 0 Å². The quantitative estimate of drug-likeness (QED) is 0.486. The van der Waals surface area contributed by atoms with Gasteiger partial charge in [0.05, 0.1) is 0 Å². The van der Waals surface area contributed by atoms with Gasteiger partial charge in [-0.2, -0.15) is 11.8 Å². The summed E-state index contributed by atoms with van der Waals surface area (Å²) in [7, 11) is 0. The Morgan fingerprint density at radius 1 is 1.00 bits per heavy atom. The first kappa shape index (κ1) is 7.02. The van der Waals surface area contributed by atoms with Gasteiger partial charge in [-0.3, -0.25) is 0 Å². The minimum absolute atomic E-state index is 0.626. The molecule has 2 fully saturated rings. The Kier molecular flexibility index (Phi) is 1.00. The summed E-state index contributed by atoms with van der Waals surface area (Å²) in [5, 5.41) is 0. The Balaban J connectivity index is 2.27. The van der Waals surface area contributed by atoms with Crippen LogP contribution in [-0.4, -0.2) is 10.5 Å². The molecule has 1 saturated heterocycles. The lowest BCUT2D eigenvalue weighted by atomic mass is 9.48. The predicted octanol–water partition coefficient (Wildman–Crippen LogP) is 2.93. The van der Waals surface area contributed by atoms with E-state index in [1.807, 2.05) is 0 Å². The molecule has 0 aromatic heterocycles. The second-order valence-electron chi connectivity index (χ2n) is 5.06. The molecular weight excluding hydrogens is 140 g/mol. The summed E-state index contributed by atoms with van der Waals surface area (Å²) in [5.41, 5.74) is 1.25. The van der Waals surface area contributed by atoms with Gasteiger partial charge in [-0.05, 0) is 17.3 Å². The number of hydrogen-bond donors (Lipinski definition) is 0. The zero-order chi connectivity index (χ0) is 7.62. The molecule has 0 N–H and O–H groups in total. The van der Waals surface area contributed by atoms with Crippen LogP contribution in [0.2, 0.25) is 0 Å². The van der Waals surface area contributed by atoms with Crippen LogP contribution < -0.4 is 0 Å². The van der Waals surface area contributed by atoms with Gasteiger partial charge in [0.25, 0.3) is 0 Å². The zero-order valence-corrected chi connectivity index (χ0v) is 8.14. The monoisotopic (exact) mass is 156 g/mol. The highest BCUT2D eigenvalue weighted by atomic mass is 32.2. The standard InChI is InChI=1S/C9H16S/c1-7(2)5-8(3,4)9(7)6-10-9/h5-6H2,1-4H3. The van der Waals surface area contributed by atoms with Gasteiger partial charge < -0.3 is 0 Å². The van der Waals surface area contributed by atoms with Gasteiger partial charge in [-0.1, -0.05) is 27.7 Å². The van der Waals surface area contributed by atoms with E-state index in [-0.39, 0.29) is 0 Å². The smallest absolute Gasteiger partial charge is 0.0353 e. The molecule has 1 heteroatoms. The van der Waals surface area contributed by atoms with Crippen molar-refractivity contribution in [1.82, 2.24) is 0 Å². The van der Waals surface area contributed by atoms with Gasteiger partial charge in [0.2, 0.25) is 0 Å². The summed E-state index contributed by atoms with van der Waals surface area (Å²) in [6, 6.07) is 0. The molecule has 1 spiro atoms. The Hall–Kier alpha value is 0.350. The Labute approximate surface area is 67.8 Å². The van der Waals surface area contributed by atoms with Crippen molar-refractivity contribution in [1.29, 1.82) is 0 Å². The van der Waals surface area contributed by atoms with Crippen molar-refractivity contribution in [3.05, 3.63) is 0 Å². The predicted molar refractivity (Wildman–Crippen MR) is 47.4 cm³/mol. The summed E-state index contributed by atoms with van der Waals surface area (Å²) in [4.78, 5) is 0. The second kappa shape index (κ2) is 1.43. The van der Waals surface area contributed by atoms with Gasteiger partial charge in [0, 0.05) is 10.5 Å². The minimum Gasteiger partial charge on any atom is -0.152 e. The van der Waals surface area contributed by atoms with E-state index in [4.69, 9.17) is 0 Å². The van der Waals surface area contributed by atoms with Gasteiger partial charge in [0.1, 0.15) is 0 Å². The maximum Gasteiger partial charge on any atom is 0.0353 e. The minimum atomic E-state index is 0.626. The normalized spacial score (nSPS) is 37.2. The van der Waals surface area contributed by atoms with Crippen LogP contribution in [0.1, 0.15) is 34.1 Å². The molecule has 1 aliphatic heterocycles.